The number of carbonyl (C=O) groups is 1. The second-order valence-corrected chi connectivity index (χ2v) is 4.17. The van der Waals surface area contributed by atoms with Gasteiger partial charge in [-0.3, -0.25) is 0 Å². The molecule has 0 spiro atoms. The van der Waals surface area contributed by atoms with Gasteiger partial charge in [-0.05, 0) is 19.5 Å². The maximum Gasteiger partial charge on any atom is 0.338 e. The Balaban J connectivity index is 2.67. The Kier molecular flexibility index (Phi) is 5.74. The quantitative estimate of drug-likeness (QED) is 0.757. The van der Waals surface area contributed by atoms with Crippen molar-refractivity contribution in [2.45, 2.75) is 13.0 Å². The van der Waals surface area contributed by atoms with Crippen LogP contribution in [-0.2, 0) is 11.3 Å². The van der Waals surface area contributed by atoms with Crippen molar-refractivity contribution in [1.29, 1.82) is 0 Å². The molecule has 18 heavy (non-hydrogen) atoms. The van der Waals surface area contributed by atoms with Crippen LogP contribution in [0.15, 0.2) is 18.2 Å². The molecule has 0 saturated heterocycles. The van der Waals surface area contributed by atoms with Crippen molar-refractivity contribution in [2.75, 3.05) is 27.3 Å². The van der Waals surface area contributed by atoms with E-state index in [0.29, 0.717) is 18.7 Å². The predicted octanol–water partition coefficient (Wildman–Crippen LogP) is 1.99. The summed E-state index contributed by atoms with van der Waals surface area (Å²) in [6, 6.07) is 4.44. The first-order valence-corrected chi connectivity index (χ1v) is 5.74. The Hall–Kier alpha value is -1.46. The minimum atomic E-state index is -1.24. The van der Waals surface area contributed by atoms with Crippen LogP contribution in [0.4, 0.5) is 4.39 Å². The molecule has 0 heterocycles. The van der Waals surface area contributed by atoms with E-state index >= 15 is 0 Å². The average molecular weight is 255 g/mol. The Morgan fingerprint density at radius 2 is 2.22 bits per heavy atom. The first-order valence-electron chi connectivity index (χ1n) is 5.74. The zero-order valence-electron chi connectivity index (χ0n) is 10.6. The third kappa shape index (κ3) is 4.09. The van der Waals surface area contributed by atoms with E-state index in [1.807, 2.05) is 11.9 Å². The Labute approximate surface area is 106 Å². The summed E-state index contributed by atoms with van der Waals surface area (Å²) >= 11 is 0. The topological polar surface area (TPSA) is 49.8 Å². The van der Waals surface area contributed by atoms with Crippen molar-refractivity contribution in [2.24, 2.45) is 0 Å². The van der Waals surface area contributed by atoms with E-state index in [-0.39, 0.29) is 5.56 Å². The van der Waals surface area contributed by atoms with Crippen molar-refractivity contribution >= 4 is 5.97 Å². The van der Waals surface area contributed by atoms with E-state index in [0.717, 1.165) is 13.0 Å². The number of benzene rings is 1. The molecular weight excluding hydrogens is 237 g/mol. The third-order valence-electron chi connectivity index (χ3n) is 2.64. The van der Waals surface area contributed by atoms with E-state index in [1.54, 1.807) is 19.2 Å². The minimum Gasteiger partial charge on any atom is -0.478 e. The molecule has 0 atom stereocenters. The zero-order chi connectivity index (χ0) is 13.5. The fourth-order valence-corrected chi connectivity index (χ4v) is 1.72. The molecule has 0 bridgehead atoms. The zero-order valence-corrected chi connectivity index (χ0v) is 10.6. The number of halogens is 1. The van der Waals surface area contributed by atoms with E-state index in [9.17, 15) is 9.18 Å². The largest absolute Gasteiger partial charge is 0.478 e. The second-order valence-electron chi connectivity index (χ2n) is 4.17. The van der Waals surface area contributed by atoms with Gasteiger partial charge in [0, 0.05) is 32.4 Å². The first-order chi connectivity index (χ1) is 8.56. The van der Waals surface area contributed by atoms with Gasteiger partial charge in [-0.15, -0.1) is 0 Å². The van der Waals surface area contributed by atoms with Crippen LogP contribution in [-0.4, -0.2) is 43.3 Å². The van der Waals surface area contributed by atoms with E-state index in [2.05, 4.69) is 0 Å². The van der Waals surface area contributed by atoms with Gasteiger partial charge in [-0.1, -0.05) is 12.1 Å². The van der Waals surface area contributed by atoms with Crippen LogP contribution >= 0.6 is 0 Å². The first kappa shape index (κ1) is 14.6. The van der Waals surface area contributed by atoms with Gasteiger partial charge in [0.1, 0.15) is 5.82 Å². The fraction of sp³-hybridized carbons (Fsp3) is 0.462. The molecule has 0 amide bonds. The van der Waals surface area contributed by atoms with Gasteiger partial charge in [0.15, 0.2) is 0 Å². The van der Waals surface area contributed by atoms with Gasteiger partial charge in [-0.25, -0.2) is 9.18 Å². The number of methoxy groups -OCH3 is 1. The number of rotatable bonds is 7. The van der Waals surface area contributed by atoms with Crippen molar-refractivity contribution in [1.82, 2.24) is 4.90 Å². The van der Waals surface area contributed by atoms with Crippen molar-refractivity contribution in [3.05, 3.63) is 35.1 Å². The van der Waals surface area contributed by atoms with Crippen molar-refractivity contribution in [3.8, 4) is 0 Å². The summed E-state index contributed by atoms with van der Waals surface area (Å²) < 4.78 is 18.8. The molecule has 0 aromatic heterocycles. The van der Waals surface area contributed by atoms with Gasteiger partial charge in [0.25, 0.3) is 0 Å². The standard InChI is InChI=1S/C13H18FNO3/c1-15(7-4-8-18-2)9-10-5-3-6-11(12(10)14)13(16)17/h3,5-6H,4,7-9H2,1-2H3,(H,16,17). The molecule has 0 aliphatic heterocycles. The number of nitrogens with zero attached hydrogens (tertiary/aromatic N) is 1. The summed E-state index contributed by atoms with van der Waals surface area (Å²) in [5.74, 6) is -1.89. The second kappa shape index (κ2) is 7.08. The smallest absolute Gasteiger partial charge is 0.338 e. The Morgan fingerprint density at radius 3 is 2.83 bits per heavy atom. The molecule has 1 N–H and O–H groups in total. The van der Waals surface area contributed by atoms with Crippen LogP contribution in [0.2, 0.25) is 0 Å². The predicted molar refractivity (Wildman–Crippen MR) is 66.2 cm³/mol. The SMILES string of the molecule is COCCCN(C)Cc1cccc(C(=O)O)c1F. The van der Waals surface area contributed by atoms with Crippen molar-refractivity contribution in [3.63, 3.8) is 0 Å². The molecule has 0 unspecified atom stereocenters. The third-order valence-corrected chi connectivity index (χ3v) is 2.64. The summed E-state index contributed by atoms with van der Waals surface area (Å²) in [5, 5.41) is 8.83. The molecule has 4 nitrogen and oxygen atoms in total. The van der Waals surface area contributed by atoms with E-state index in [4.69, 9.17) is 9.84 Å². The lowest BCUT2D eigenvalue weighted by molar-refractivity contribution is 0.0691. The highest BCUT2D eigenvalue weighted by atomic mass is 19.1. The van der Waals surface area contributed by atoms with Crippen LogP contribution in [0.3, 0.4) is 0 Å². The molecule has 0 aliphatic rings. The lowest BCUT2D eigenvalue weighted by Gasteiger charge is -2.17. The number of hydrogen-bond donors (Lipinski definition) is 1. The van der Waals surface area contributed by atoms with Crippen molar-refractivity contribution < 1.29 is 19.0 Å². The number of carboxylic acids is 1. The molecule has 0 radical (unpaired) electrons. The normalized spacial score (nSPS) is 10.9. The number of ether oxygens (including phenoxy) is 1. The highest BCUT2D eigenvalue weighted by Gasteiger charge is 2.14. The summed E-state index contributed by atoms with van der Waals surface area (Å²) in [6.45, 7) is 1.81. The van der Waals surface area contributed by atoms with Crippen LogP contribution in [0, 0.1) is 5.82 Å². The molecule has 100 valence electrons. The van der Waals surface area contributed by atoms with Crippen LogP contribution in [0.1, 0.15) is 22.3 Å². The van der Waals surface area contributed by atoms with Crippen LogP contribution in [0.5, 0.6) is 0 Å². The minimum absolute atomic E-state index is 0.280. The molecule has 1 rings (SSSR count). The lowest BCUT2D eigenvalue weighted by Crippen LogP contribution is -2.21. The summed E-state index contributed by atoms with van der Waals surface area (Å²) in [6.07, 6.45) is 0.854. The van der Waals surface area contributed by atoms with Gasteiger partial charge >= 0.3 is 5.97 Å². The van der Waals surface area contributed by atoms with E-state index in [1.165, 1.54) is 6.07 Å². The van der Waals surface area contributed by atoms with Gasteiger partial charge in [0.05, 0.1) is 5.56 Å². The van der Waals surface area contributed by atoms with Gasteiger partial charge < -0.3 is 14.7 Å². The fourth-order valence-electron chi connectivity index (χ4n) is 1.72. The highest BCUT2D eigenvalue weighted by Crippen LogP contribution is 2.14. The average Bonchev–Trinajstić information content (AvgIpc) is 2.32. The van der Waals surface area contributed by atoms with Crippen LogP contribution in [0.25, 0.3) is 0 Å². The Morgan fingerprint density at radius 1 is 1.50 bits per heavy atom. The molecule has 1 aromatic carbocycles. The highest BCUT2D eigenvalue weighted by molar-refractivity contribution is 5.88. The van der Waals surface area contributed by atoms with Gasteiger partial charge in [-0.2, -0.15) is 0 Å². The molecule has 0 aliphatic carbocycles. The van der Waals surface area contributed by atoms with Crippen LogP contribution < -0.4 is 0 Å². The Bertz CT molecular complexity index is 409. The molecular formula is C13H18FNO3. The lowest BCUT2D eigenvalue weighted by atomic mass is 10.1. The summed E-state index contributed by atoms with van der Waals surface area (Å²) in [4.78, 5) is 12.7. The summed E-state index contributed by atoms with van der Waals surface area (Å²) in [5.41, 5.74) is 0.118. The number of aromatic carboxylic acids is 1. The molecule has 1 aromatic rings. The molecule has 0 fully saturated rings. The van der Waals surface area contributed by atoms with Gasteiger partial charge in [0.2, 0.25) is 0 Å². The maximum atomic E-state index is 13.8. The monoisotopic (exact) mass is 255 g/mol. The number of hydrogen-bond acceptors (Lipinski definition) is 3. The molecule has 5 heteroatoms. The maximum absolute atomic E-state index is 13.8. The van der Waals surface area contributed by atoms with E-state index < -0.39 is 11.8 Å². The molecule has 0 saturated carbocycles. The summed E-state index contributed by atoms with van der Waals surface area (Å²) in [7, 11) is 3.50. The number of carboxylic acid groups (broad SMARTS) is 1.